The van der Waals surface area contributed by atoms with Crippen molar-refractivity contribution in [1.82, 2.24) is 39.6 Å². The molecule has 0 aliphatic rings. The number of aromatic nitrogens is 8. The molecule has 146 valence electrons. The molecule has 4 aromatic heterocycles. The van der Waals surface area contributed by atoms with Gasteiger partial charge in [0, 0.05) is 25.7 Å². The molecular formula is C14H14N8O4S2. The maximum atomic E-state index is 10.7. The normalized spacial score (nSPS) is 11.6. The summed E-state index contributed by atoms with van der Waals surface area (Å²) in [6.45, 7) is 0. The Kier molecular flexibility index (Phi) is 4.95. The van der Waals surface area contributed by atoms with E-state index in [4.69, 9.17) is 10.2 Å². The molecule has 0 bridgehead atoms. The quantitative estimate of drug-likeness (QED) is 0.388. The minimum absolute atomic E-state index is 0.0190. The van der Waals surface area contributed by atoms with Crippen LogP contribution in [0.5, 0.6) is 0 Å². The van der Waals surface area contributed by atoms with Crippen LogP contribution in [-0.4, -0.2) is 61.8 Å². The van der Waals surface area contributed by atoms with Crippen molar-refractivity contribution in [3.8, 4) is 0 Å². The van der Waals surface area contributed by atoms with E-state index >= 15 is 0 Å². The fraction of sp³-hybridized carbons (Fsp3) is 0.429. The lowest BCUT2D eigenvalue weighted by Crippen LogP contribution is -2.04. The van der Waals surface area contributed by atoms with Gasteiger partial charge in [-0.25, -0.2) is 0 Å². The van der Waals surface area contributed by atoms with Gasteiger partial charge in [0.25, 0.3) is 0 Å². The van der Waals surface area contributed by atoms with E-state index in [1.807, 2.05) is 0 Å². The summed E-state index contributed by atoms with van der Waals surface area (Å²) in [7, 11) is 0. The van der Waals surface area contributed by atoms with Crippen LogP contribution in [0.1, 0.15) is 34.5 Å². The van der Waals surface area contributed by atoms with Crippen molar-refractivity contribution in [3.05, 3.63) is 21.7 Å². The number of hydrogen-bond donors (Lipinski definition) is 2. The van der Waals surface area contributed by atoms with Gasteiger partial charge in [-0.2, -0.15) is 19.2 Å². The molecule has 0 aromatic carbocycles. The SMILES string of the molecule is O=C(O)CCc1nn2c(CCc3nnc4sc(CCC(=O)O)nn34)nnc2s1. The summed E-state index contributed by atoms with van der Waals surface area (Å²) < 4.78 is 3.25. The third-order valence-corrected chi connectivity index (χ3v) is 5.79. The molecule has 0 aliphatic carbocycles. The van der Waals surface area contributed by atoms with Crippen LogP contribution in [0, 0.1) is 0 Å². The van der Waals surface area contributed by atoms with Gasteiger partial charge in [0.1, 0.15) is 10.0 Å². The summed E-state index contributed by atoms with van der Waals surface area (Å²) in [6, 6.07) is 0. The summed E-state index contributed by atoms with van der Waals surface area (Å²) in [5.41, 5.74) is 0. The highest BCUT2D eigenvalue weighted by molar-refractivity contribution is 7.16. The number of carbonyl (C=O) groups is 2. The van der Waals surface area contributed by atoms with E-state index in [9.17, 15) is 9.59 Å². The molecule has 4 rings (SSSR count). The Hall–Kier alpha value is -3.00. The first-order chi connectivity index (χ1) is 13.5. The first kappa shape index (κ1) is 18.4. The molecule has 28 heavy (non-hydrogen) atoms. The molecule has 0 atom stereocenters. The Morgan fingerprint density at radius 1 is 0.714 bits per heavy atom. The van der Waals surface area contributed by atoms with E-state index in [2.05, 4.69) is 30.6 Å². The van der Waals surface area contributed by atoms with E-state index in [1.165, 1.54) is 22.7 Å². The number of carboxylic acid groups (broad SMARTS) is 2. The third-order valence-electron chi connectivity index (χ3n) is 3.87. The van der Waals surface area contributed by atoms with Gasteiger partial charge in [0.2, 0.25) is 9.92 Å². The molecule has 0 aliphatic heterocycles. The van der Waals surface area contributed by atoms with Crippen molar-refractivity contribution >= 4 is 44.5 Å². The Morgan fingerprint density at radius 2 is 1.14 bits per heavy atom. The maximum Gasteiger partial charge on any atom is 0.303 e. The lowest BCUT2D eigenvalue weighted by atomic mass is 10.3. The van der Waals surface area contributed by atoms with Crippen molar-refractivity contribution in [2.24, 2.45) is 0 Å². The van der Waals surface area contributed by atoms with Crippen LogP contribution in [0.15, 0.2) is 0 Å². The second kappa shape index (κ2) is 7.55. The molecule has 0 saturated carbocycles. The van der Waals surface area contributed by atoms with E-state index in [0.717, 1.165) is 0 Å². The van der Waals surface area contributed by atoms with Gasteiger partial charge in [-0.1, -0.05) is 22.7 Å². The first-order valence-electron chi connectivity index (χ1n) is 8.33. The van der Waals surface area contributed by atoms with E-state index in [-0.39, 0.29) is 12.8 Å². The van der Waals surface area contributed by atoms with Gasteiger partial charge in [-0.15, -0.1) is 20.4 Å². The molecule has 0 saturated heterocycles. The molecular weight excluding hydrogens is 408 g/mol. The number of carboxylic acids is 2. The number of aryl methyl sites for hydroxylation is 4. The van der Waals surface area contributed by atoms with E-state index < -0.39 is 11.9 Å². The number of fused-ring (bicyclic) bond motifs is 2. The van der Waals surface area contributed by atoms with Crippen LogP contribution < -0.4 is 0 Å². The van der Waals surface area contributed by atoms with Crippen LogP contribution in [0.3, 0.4) is 0 Å². The second-order valence-electron chi connectivity index (χ2n) is 5.90. The average Bonchev–Trinajstić information content (AvgIpc) is 3.37. The van der Waals surface area contributed by atoms with Gasteiger partial charge < -0.3 is 10.2 Å². The fourth-order valence-electron chi connectivity index (χ4n) is 2.56. The Morgan fingerprint density at radius 3 is 1.54 bits per heavy atom. The first-order valence-corrected chi connectivity index (χ1v) is 9.96. The second-order valence-corrected chi connectivity index (χ2v) is 7.98. The zero-order valence-corrected chi connectivity index (χ0v) is 16.0. The average molecular weight is 422 g/mol. The molecule has 0 fully saturated rings. The lowest BCUT2D eigenvalue weighted by Gasteiger charge is -1.96. The van der Waals surface area contributed by atoms with E-state index in [1.54, 1.807) is 9.03 Å². The van der Waals surface area contributed by atoms with Gasteiger partial charge in [0.05, 0.1) is 12.8 Å². The minimum atomic E-state index is -0.868. The van der Waals surface area contributed by atoms with Crippen LogP contribution in [0.25, 0.3) is 9.92 Å². The van der Waals surface area contributed by atoms with Crippen LogP contribution in [-0.2, 0) is 35.3 Å². The molecule has 2 N–H and O–H groups in total. The Bertz CT molecular complexity index is 1070. The maximum absolute atomic E-state index is 10.7. The summed E-state index contributed by atoms with van der Waals surface area (Å²) in [5.74, 6) is -0.446. The van der Waals surface area contributed by atoms with Crippen molar-refractivity contribution < 1.29 is 19.8 Å². The standard InChI is InChI=1S/C14H14N8O4S2/c23-11(24)5-3-9-19-21-7(15-17-13(21)27-9)1-2-8-16-18-14-22(8)20-10(28-14)4-6-12(25)26/h1-6H2,(H,23,24)(H,25,26). The van der Waals surface area contributed by atoms with Gasteiger partial charge in [-0.3, -0.25) is 9.59 Å². The van der Waals surface area contributed by atoms with Crippen molar-refractivity contribution in [2.45, 2.75) is 38.5 Å². The molecule has 0 radical (unpaired) electrons. The molecule has 0 amide bonds. The summed E-state index contributed by atoms with van der Waals surface area (Å²) in [6.07, 6.45) is 1.76. The number of hydrogen-bond acceptors (Lipinski definition) is 10. The predicted molar refractivity (Wildman–Crippen MR) is 96.6 cm³/mol. The molecule has 4 heterocycles. The summed E-state index contributed by atoms with van der Waals surface area (Å²) in [5, 5.41) is 44.2. The zero-order valence-electron chi connectivity index (χ0n) is 14.3. The molecule has 4 aromatic rings. The van der Waals surface area contributed by atoms with Gasteiger partial charge in [0.15, 0.2) is 11.6 Å². The van der Waals surface area contributed by atoms with Crippen LogP contribution >= 0.6 is 22.7 Å². The van der Waals surface area contributed by atoms with Gasteiger partial charge in [-0.05, 0) is 0 Å². The number of rotatable bonds is 9. The number of aliphatic carboxylic acids is 2. The molecule has 0 spiro atoms. The van der Waals surface area contributed by atoms with Gasteiger partial charge >= 0.3 is 11.9 Å². The van der Waals surface area contributed by atoms with Crippen molar-refractivity contribution in [2.75, 3.05) is 0 Å². The summed E-state index contributed by atoms with van der Waals surface area (Å²) >= 11 is 2.64. The molecule has 0 unspecified atom stereocenters. The zero-order chi connectivity index (χ0) is 19.7. The minimum Gasteiger partial charge on any atom is -0.481 e. The van der Waals surface area contributed by atoms with Crippen molar-refractivity contribution in [1.29, 1.82) is 0 Å². The highest BCUT2D eigenvalue weighted by atomic mass is 32.1. The topological polar surface area (TPSA) is 161 Å². The fourth-order valence-corrected chi connectivity index (χ4v) is 4.26. The third kappa shape index (κ3) is 3.82. The Labute approximate surface area is 164 Å². The largest absolute Gasteiger partial charge is 0.481 e. The molecule has 14 heteroatoms. The highest BCUT2D eigenvalue weighted by Gasteiger charge is 2.16. The van der Waals surface area contributed by atoms with Crippen molar-refractivity contribution in [3.63, 3.8) is 0 Å². The highest BCUT2D eigenvalue weighted by Crippen LogP contribution is 2.18. The monoisotopic (exact) mass is 422 g/mol. The lowest BCUT2D eigenvalue weighted by molar-refractivity contribution is -0.138. The smallest absolute Gasteiger partial charge is 0.303 e. The predicted octanol–water partition coefficient (Wildman–Crippen LogP) is 0.505. The molecule has 12 nitrogen and oxygen atoms in total. The summed E-state index contributed by atoms with van der Waals surface area (Å²) in [4.78, 5) is 22.6. The van der Waals surface area contributed by atoms with Crippen LogP contribution in [0.2, 0.25) is 0 Å². The van der Waals surface area contributed by atoms with Crippen LogP contribution in [0.4, 0.5) is 0 Å². The Balaban J connectivity index is 1.46. The van der Waals surface area contributed by atoms with E-state index in [0.29, 0.717) is 57.3 Å². The number of nitrogens with zero attached hydrogens (tertiary/aromatic N) is 8.